The molecule has 13 heavy (non-hydrogen) atoms. The van der Waals surface area contributed by atoms with Crippen LogP contribution in [0.25, 0.3) is 0 Å². The van der Waals surface area contributed by atoms with Gasteiger partial charge in [-0.25, -0.2) is 0 Å². The van der Waals surface area contributed by atoms with Crippen LogP contribution in [0, 0.1) is 0 Å². The van der Waals surface area contributed by atoms with Crippen molar-refractivity contribution >= 4 is 5.78 Å². The molecule has 0 amide bonds. The van der Waals surface area contributed by atoms with Crippen LogP contribution < -0.4 is 0 Å². The molecule has 2 fully saturated rings. The average Bonchev–Trinajstić information content (AvgIpc) is 2.80. The van der Waals surface area contributed by atoms with Gasteiger partial charge in [0.1, 0.15) is 17.9 Å². The Kier molecular flexibility index (Phi) is 1.34. The van der Waals surface area contributed by atoms with Crippen molar-refractivity contribution in [1.82, 2.24) is 14.8 Å². The first-order chi connectivity index (χ1) is 6.34. The van der Waals surface area contributed by atoms with Crippen molar-refractivity contribution < 1.29 is 4.79 Å². The summed E-state index contributed by atoms with van der Waals surface area (Å²) in [6.07, 6.45) is 5.63. The maximum atomic E-state index is 10.8. The summed E-state index contributed by atoms with van der Waals surface area (Å²) in [7, 11) is 0. The average molecular weight is 177 g/mol. The molecule has 0 saturated heterocycles. The minimum Gasteiger partial charge on any atom is -0.314 e. The normalized spacial score (nSPS) is 23.2. The van der Waals surface area contributed by atoms with E-state index in [1.165, 1.54) is 12.8 Å². The smallest absolute Gasteiger partial charge is 0.137 e. The summed E-state index contributed by atoms with van der Waals surface area (Å²) < 4.78 is 2.15. The summed E-state index contributed by atoms with van der Waals surface area (Å²) in [6.45, 7) is 0. The Balaban J connectivity index is 1.86. The highest BCUT2D eigenvalue weighted by atomic mass is 16.1. The molecule has 0 atom stereocenters. The summed E-state index contributed by atoms with van der Waals surface area (Å²) >= 11 is 0. The van der Waals surface area contributed by atoms with E-state index in [2.05, 4.69) is 14.8 Å². The molecule has 2 aliphatic carbocycles. The molecule has 1 heterocycles. The van der Waals surface area contributed by atoms with E-state index in [9.17, 15) is 4.79 Å². The highest BCUT2D eigenvalue weighted by molar-refractivity contribution is 5.86. The first-order valence-corrected chi connectivity index (χ1v) is 4.75. The molecule has 0 aliphatic heterocycles. The van der Waals surface area contributed by atoms with E-state index in [1.54, 1.807) is 6.33 Å². The molecular formula is C9H11N3O. The maximum Gasteiger partial charge on any atom is 0.137 e. The molecule has 0 radical (unpaired) electrons. The number of ketones is 1. The molecule has 68 valence electrons. The molecule has 4 heteroatoms. The van der Waals surface area contributed by atoms with Crippen LogP contribution >= 0.6 is 0 Å². The van der Waals surface area contributed by atoms with Gasteiger partial charge in [0.05, 0.1) is 0 Å². The van der Waals surface area contributed by atoms with Crippen LogP contribution in [0.15, 0.2) is 6.33 Å². The van der Waals surface area contributed by atoms with Crippen molar-refractivity contribution in [3.05, 3.63) is 12.2 Å². The second-order valence-corrected chi connectivity index (χ2v) is 3.97. The lowest BCUT2D eigenvalue weighted by Crippen LogP contribution is -2.24. The van der Waals surface area contributed by atoms with Crippen molar-refractivity contribution in [1.29, 1.82) is 0 Å². The predicted octanol–water partition coefficient (Wildman–Crippen LogP) is 1.06. The second kappa shape index (κ2) is 2.40. The fraction of sp³-hybridized carbons (Fsp3) is 0.667. The Labute approximate surface area is 76.0 Å². The Morgan fingerprint density at radius 1 is 1.38 bits per heavy atom. The maximum absolute atomic E-state index is 10.8. The van der Waals surface area contributed by atoms with Crippen LogP contribution in [0.1, 0.15) is 43.5 Å². The fourth-order valence-corrected chi connectivity index (χ4v) is 1.85. The lowest BCUT2D eigenvalue weighted by Gasteiger charge is -2.23. The SMILES string of the molecule is O=C1CC(c2nncn2C2CC2)C1. The third-order valence-electron chi connectivity index (χ3n) is 2.85. The monoisotopic (exact) mass is 177 g/mol. The summed E-state index contributed by atoms with van der Waals surface area (Å²) in [5, 5.41) is 8.01. The molecule has 0 spiro atoms. The highest BCUT2D eigenvalue weighted by Gasteiger charge is 2.35. The lowest BCUT2D eigenvalue weighted by atomic mass is 9.83. The Hall–Kier alpha value is -1.19. The van der Waals surface area contributed by atoms with E-state index in [4.69, 9.17) is 0 Å². The molecule has 0 N–H and O–H groups in total. The van der Waals surface area contributed by atoms with Gasteiger partial charge in [0.25, 0.3) is 0 Å². The zero-order chi connectivity index (χ0) is 8.84. The number of Topliss-reactive ketones (excluding diaryl/α,β-unsaturated/α-hetero) is 1. The fourth-order valence-electron chi connectivity index (χ4n) is 1.85. The number of rotatable bonds is 2. The first kappa shape index (κ1) is 7.24. The zero-order valence-corrected chi connectivity index (χ0v) is 7.31. The van der Waals surface area contributed by atoms with Crippen molar-refractivity contribution in [2.45, 2.75) is 37.6 Å². The van der Waals surface area contributed by atoms with Crippen LogP contribution in [0.3, 0.4) is 0 Å². The second-order valence-electron chi connectivity index (χ2n) is 3.97. The van der Waals surface area contributed by atoms with Gasteiger partial charge in [0.2, 0.25) is 0 Å². The van der Waals surface area contributed by atoms with E-state index in [-0.39, 0.29) is 0 Å². The highest BCUT2D eigenvalue weighted by Crippen LogP contribution is 2.40. The first-order valence-electron chi connectivity index (χ1n) is 4.75. The van der Waals surface area contributed by atoms with Crippen molar-refractivity contribution in [3.8, 4) is 0 Å². The van der Waals surface area contributed by atoms with E-state index in [0.29, 0.717) is 30.6 Å². The van der Waals surface area contributed by atoms with Crippen LogP contribution in [0.5, 0.6) is 0 Å². The predicted molar refractivity (Wildman–Crippen MR) is 45.3 cm³/mol. The van der Waals surface area contributed by atoms with Gasteiger partial charge in [0, 0.05) is 24.8 Å². The standard InChI is InChI=1S/C9H11N3O/c13-8-3-6(4-8)9-11-10-5-12(9)7-1-2-7/h5-7H,1-4H2. The summed E-state index contributed by atoms with van der Waals surface area (Å²) in [4.78, 5) is 10.8. The Bertz CT molecular complexity index is 345. The summed E-state index contributed by atoms with van der Waals surface area (Å²) in [5.74, 6) is 1.74. The lowest BCUT2D eigenvalue weighted by molar-refractivity contribution is -0.124. The van der Waals surface area contributed by atoms with E-state index >= 15 is 0 Å². The molecule has 3 rings (SSSR count). The molecule has 2 saturated carbocycles. The van der Waals surface area contributed by atoms with Gasteiger partial charge in [-0.2, -0.15) is 0 Å². The molecule has 4 nitrogen and oxygen atoms in total. The van der Waals surface area contributed by atoms with Gasteiger partial charge in [-0.3, -0.25) is 4.79 Å². The van der Waals surface area contributed by atoms with Crippen molar-refractivity contribution in [2.75, 3.05) is 0 Å². The van der Waals surface area contributed by atoms with Crippen molar-refractivity contribution in [3.63, 3.8) is 0 Å². The molecule has 1 aromatic heterocycles. The van der Waals surface area contributed by atoms with Crippen LogP contribution in [-0.2, 0) is 4.79 Å². The zero-order valence-electron chi connectivity index (χ0n) is 7.31. The molecule has 0 bridgehead atoms. The minimum atomic E-state index is 0.357. The van der Waals surface area contributed by atoms with Crippen molar-refractivity contribution in [2.24, 2.45) is 0 Å². The van der Waals surface area contributed by atoms with Crippen LogP contribution in [-0.4, -0.2) is 20.5 Å². The van der Waals surface area contributed by atoms with Gasteiger partial charge in [0.15, 0.2) is 0 Å². The van der Waals surface area contributed by atoms with Crippen LogP contribution in [0.4, 0.5) is 0 Å². The molecule has 0 unspecified atom stereocenters. The quantitative estimate of drug-likeness (QED) is 0.678. The van der Waals surface area contributed by atoms with Gasteiger partial charge in [-0.1, -0.05) is 0 Å². The number of hydrogen-bond donors (Lipinski definition) is 0. The number of nitrogens with zero attached hydrogens (tertiary/aromatic N) is 3. The number of aromatic nitrogens is 3. The Morgan fingerprint density at radius 2 is 2.15 bits per heavy atom. The van der Waals surface area contributed by atoms with Gasteiger partial charge in [-0.05, 0) is 12.8 Å². The van der Waals surface area contributed by atoms with Gasteiger partial charge < -0.3 is 4.57 Å². The van der Waals surface area contributed by atoms with Crippen LogP contribution in [0.2, 0.25) is 0 Å². The largest absolute Gasteiger partial charge is 0.314 e. The van der Waals surface area contributed by atoms with Gasteiger partial charge in [-0.15, -0.1) is 10.2 Å². The minimum absolute atomic E-state index is 0.357. The van der Waals surface area contributed by atoms with E-state index in [0.717, 1.165) is 5.82 Å². The number of carbonyl (C=O) groups is 1. The van der Waals surface area contributed by atoms with E-state index in [1.807, 2.05) is 0 Å². The molecule has 2 aliphatic rings. The van der Waals surface area contributed by atoms with Gasteiger partial charge >= 0.3 is 0 Å². The Morgan fingerprint density at radius 3 is 2.77 bits per heavy atom. The van der Waals surface area contributed by atoms with E-state index < -0.39 is 0 Å². The summed E-state index contributed by atoms with van der Waals surface area (Å²) in [6, 6.07) is 0.626. The molecular weight excluding hydrogens is 166 g/mol. The third kappa shape index (κ3) is 1.08. The molecule has 0 aromatic carbocycles. The topological polar surface area (TPSA) is 47.8 Å². The summed E-state index contributed by atoms with van der Waals surface area (Å²) in [5.41, 5.74) is 0. The third-order valence-corrected chi connectivity index (χ3v) is 2.85. The molecule has 1 aromatic rings. The number of carbonyl (C=O) groups excluding carboxylic acids is 1. The number of hydrogen-bond acceptors (Lipinski definition) is 3.